The number of hydrogen-bond acceptors (Lipinski definition) is 8. The zero-order valence-corrected chi connectivity index (χ0v) is 26.0. The molecule has 5 aromatic rings. The summed E-state index contributed by atoms with van der Waals surface area (Å²) in [5.41, 5.74) is 12.0. The van der Waals surface area contributed by atoms with Gasteiger partial charge in [-0.2, -0.15) is 0 Å². The van der Waals surface area contributed by atoms with E-state index < -0.39 is 18.1 Å². The van der Waals surface area contributed by atoms with Gasteiger partial charge in [-0.25, -0.2) is 33.5 Å². The van der Waals surface area contributed by atoms with Crippen molar-refractivity contribution in [2.75, 3.05) is 18.6 Å². The smallest absolute Gasteiger partial charge is 0.404 e. The highest BCUT2D eigenvalue weighted by atomic mass is 19.3. The number of H-pyrrole nitrogens is 2. The lowest BCUT2D eigenvalue weighted by atomic mass is 10.0. The largest absolute Gasteiger partial charge is 0.453 e. The molecule has 0 unspecified atom stereocenters. The Morgan fingerprint density at radius 3 is 2.23 bits per heavy atom. The van der Waals surface area contributed by atoms with E-state index in [1.54, 1.807) is 18.6 Å². The molecule has 48 heavy (non-hydrogen) atoms. The Balaban J connectivity index is 0.000000681. The molecule has 3 aliphatic heterocycles. The van der Waals surface area contributed by atoms with Crippen molar-refractivity contribution in [3.63, 3.8) is 0 Å². The maximum Gasteiger partial charge on any atom is 0.404 e. The van der Waals surface area contributed by atoms with Gasteiger partial charge in [0.15, 0.2) is 5.82 Å². The van der Waals surface area contributed by atoms with Crippen LogP contribution in [0, 0.1) is 0 Å². The molecule has 3 aliphatic rings. The summed E-state index contributed by atoms with van der Waals surface area (Å²) < 4.78 is 31.0. The molecule has 12 nitrogen and oxygen atoms in total. The molecular formula is C34H33F2N9O3. The number of aryl methyl sites for hydroxylation is 1. The maximum atomic E-state index is 13.6. The lowest BCUT2D eigenvalue weighted by molar-refractivity contribution is -0.119. The minimum Gasteiger partial charge on any atom is -0.453 e. The number of nitrogens with two attached hydrogens (primary N) is 1. The summed E-state index contributed by atoms with van der Waals surface area (Å²) in [7, 11) is 1.22. The summed E-state index contributed by atoms with van der Waals surface area (Å²) in [5.74, 6) is -0.733. The van der Waals surface area contributed by atoms with Crippen LogP contribution < -0.4 is 16.0 Å². The topological polar surface area (TPSA) is 168 Å². The molecule has 2 atom stereocenters. The highest BCUT2D eigenvalue weighted by molar-refractivity contribution is 5.98. The molecule has 0 bridgehead atoms. The van der Waals surface area contributed by atoms with Gasteiger partial charge < -0.3 is 30.7 Å². The van der Waals surface area contributed by atoms with E-state index in [9.17, 15) is 18.4 Å². The third-order valence-electron chi connectivity index (χ3n) is 8.84. The summed E-state index contributed by atoms with van der Waals surface area (Å²) in [6, 6.07) is 13.6. The average molecular weight is 654 g/mol. The molecule has 0 spiro atoms. The predicted octanol–water partition coefficient (Wildman–Crippen LogP) is 5.27. The van der Waals surface area contributed by atoms with Crippen molar-refractivity contribution in [1.82, 2.24) is 35.2 Å². The molecule has 6 heterocycles. The van der Waals surface area contributed by atoms with E-state index >= 15 is 0 Å². The molecule has 3 aromatic heterocycles. The van der Waals surface area contributed by atoms with Gasteiger partial charge in [-0.15, -0.1) is 0 Å². The zero-order chi connectivity index (χ0) is 33.4. The first-order valence-corrected chi connectivity index (χ1v) is 15.6. The third kappa shape index (κ3) is 6.13. The SMILES string of the molecule is COC(N)=O.O=C1CCCc2cccc3c2N1[C@H](c1ncc(-c2ccc(-c4ncc(-c5cnc([C@@H]6CC(F)(F)CN6)[nH]5)cn4)cc2)[nH]1)C3. The molecular weight excluding hydrogens is 620 g/mol. The Morgan fingerprint density at radius 2 is 1.54 bits per heavy atom. The number of ether oxygens (including phenoxy) is 1. The van der Waals surface area contributed by atoms with Crippen LogP contribution in [0.4, 0.5) is 19.3 Å². The number of para-hydroxylation sites is 1. The second-order valence-corrected chi connectivity index (χ2v) is 12.0. The molecule has 2 amide bonds. The number of primary amides is 1. The van der Waals surface area contributed by atoms with E-state index in [0.29, 0.717) is 23.8 Å². The first-order valence-electron chi connectivity index (χ1n) is 15.6. The van der Waals surface area contributed by atoms with Crippen molar-refractivity contribution in [3.8, 4) is 33.9 Å². The van der Waals surface area contributed by atoms with E-state index in [1.165, 1.54) is 18.2 Å². The van der Waals surface area contributed by atoms with Gasteiger partial charge in [0.25, 0.3) is 5.92 Å². The first kappa shape index (κ1) is 31.1. The van der Waals surface area contributed by atoms with Gasteiger partial charge in [-0.1, -0.05) is 42.5 Å². The molecule has 0 radical (unpaired) electrons. The Hall–Kier alpha value is -5.50. The molecule has 0 saturated carbocycles. The van der Waals surface area contributed by atoms with Gasteiger partial charge in [0.05, 0.1) is 55.2 Å². The van der Waals surface area contributed by atoms with Crippen LogP contribution in [0.1, 0.15) is 54.1 Å². The molecule has 5 N–H and O–H groups in total. The van der Waals surface area contributed by atoms with Crippen molar-refractivity contribution >= 4 is 17.7 Å². The van der Waals surface area contributed by atoms with Crippen molar-refractivity contribution in [1.29, 1.82) is 0 Å². The number of aromatic amines is 2. The lowest BCUT2D eigenvalue weighted by Crippen LogP contribution is -2.32. The molecule has 0 aliphatic carbocycles. The van der Waals surface area contributed by atoms with E-state index in [1.807, 2.05) is 35.4 Å². The number of alkyl halides is 2. The van der Waals surface area contributed by atoms with Crippen LogP contribution in [0.3, 0.4) is 0 Å². The second-order valence-electron chi connectivity index (χ2n) is 12.0. The number of halogens is 2. The van der Waals surface area contributed by atoms with E-state index in [-0.39, 0.29) is 24.9 Å². The highest BCUT2D eigenvalue weighted by Gasteiger charge is 2.41. The number of amides is 2. The summed E-state index contributed by atoms with van der Waals surface area (Å²) in [5, 5.41) is 2.81. The maximum absolute atomic E-state index is 13.6. The van der Waals surface area contributed by atoms with Crippen LogP contribution in [-0.4, -0.2) is 61.5 Å². The summed E-state index contributed by atoms with van der Waals surface area (Å²) in [4.78, 5) is 49.1. The van der Waals surface area contributed by atoms with Gasteiger partial charge in [-0.05, 0) is 29.5 Å². The average Bonchev–Trinajstić information content (AvgIpc) is 3.89. The number of nitrogens with one attached hydrogen (secondary N) is 3. The van der Waals surface area contributed by atoms with Gasteiger partial charge in [0.2, 0.25) is 5.91 Å². The number of carbonyl (C=O) groups is 2. The fourth-order valence-electron chi connectivity index (χ4n) is 6.48. The third-order valence-corrected chi connectivity index (χ3v) is 8.84. The molecule has 8 rings (SSSR count). The van der Waals surface area contributed by atoms with Gasteiger partial charge in [-0.3, -0.25) is 4.79 Å². The van der Waals surface area contributed by atoms with Crippen LogP contribution in [-0.2, 0) is 22.4 Å². The zero-order valence-electron chi connectivity index (χ0n) is 26.0. The van der Waals surface area contributed by atoms with Crippen molar-refractivity contribution in [3.05, 3.63) is 90.0 Å². The number of hydrogen-bond donors (Lipinski definition) is 4. The number of methoxy groups -OCH3 is 1. The van der Waals surface area contributed by atoms with Crippen LogP contribution in [0.25, 0.3) is 33.9 Å². The molecule has 1 saturated heterocycles. The van der Waals surface area contributed by atoms with Crippen molar-refractivity contribution in [2.45, 2.75) is 50.1 Å². The Labute approximate surface area is 274 Å². The number of rotatable bonds is 5. The normalized spacial score (nSPS) is 19.3. The lowest BCUT2D eigenvalue weighted by Gasteiger charge is -2.24. The van der Waals surface area contributed by atoms with Crippen molar-refractivity contribution in [2.24, 2.45) is 5.73 Å². The number of benzene rings is 2. The highest BCUT2D eigenvalue weighted by Crippen LogP contribution is 2.44. The van der Waals surface area contributed by atoms with Gasteiger partial charge in [0, 0.05) is 42.8 Å². The van der Waals surface area contributed by atoms with Crippen LogP contribution in [0.15, 0.2) is 67.3 Å². The molecule has 246 valence electrons. The quantitative estimate of drug-likeness (QED) is 0.199. The van der Waals surface area contributed by atoms with E-state index in [0.717, 1.165) is 53.2 Å². The summed E-state index contributed by atoms with van der Waals surface area (Å²) >= 11 is 0. The Bertz CT molecular complexity index is 1960. The van der Waals surface area contributed by atoms with Crippen LogP contribution >= 0.6 is 0 Å². The number of anilines is 1. The predicted molar refractivity (Wildman–Crippen MR) is 173 cm³/mol. The van der Waals surface area contributed by atoms with Crippen molar-refractivity contribution < 1.29 is 23.1 Å². The fourth-order valence-corrected chi connectivity index (χ4v) is 6.48. The first-order chi connectivity index (χ1) is 23.2. The molecule has 14 heteroatoms. The number of carbonyl (C=O) groups excluding carboxylic acids is 2. The van der Waals surface area contributed by atoms with E-state index in [2.05, 4.69) is 58.9 Å². The van der Waals surface area contributed by atoms with Gasteiger partial charge >= 0.3 is 6.09 Å². The monoisotopic (exact) mass is 653 g/mol. The summed E-state index contributed by atoms with van der Waals surface area (Å²) in [6.45, 7) is -0.346. The minimum absolute atomic E-state index is 0.136. The fraction of sp³-hybridized carbons (Fsp3) is 0.294. The minimum atomic E-state index is -2.72. The number of imidazole rings is 2. The van der Waals surface area contributed by atoms with E-state index in [4.69, 9.17) is 4.98 Å². The van der Waals surface area contributed by atoms with Crippen LogP contribution in [0.2, 0.25) is 0 Å². The molecule has 1 fully saturated rings. The number of aromatic nitrogens is 6. The van der Waals surface area contributed by atoms with Gasteiger partial charge in [0.1, 0.15) is 11.6 Å². The Morgan fingerprint density at radius 1 is 0.896 bits per heavy atom. The standard InChI is InChI=1S/C32H28F2N8O.C2H5NO2/c33-32(34)12-23(39-17-32)30-37-16-25(40-30)22-13-35-29(36-14-22)20-9-7-18(8-10-20)24-15-38-31(41-24)26-11-21-5-1-3-19-4-2-6-27(43)42(26)28(19)21;1-5-2(3)4/h1,3,5,7-10,13-16,23,26,39H,2,4,6,11-12,17H2,(H,37,40)(H,38,41);1H3,(H2,3,4)/t23-,26-;/m0./s1. The van der Waals surface area contributed by atoms with Crippen LogP contribution in [0.5, 0.6) is 0 Å². The second kappa shape index (κ2) is 12.6. The molecule has 2 aromatic carbocycles. The Kier molecular flexibility index (Phi) is 8.17. The number of nitrogens with zero attached hydrogens (tertiary/aromatic N) is 5. The summed E-state index contributed by atoms with van der Waals surface area (Å²) in [6.07, 6.45) is 8.89.